The second-order valence-corrected chi connectivity index (χ2v) is 7.24. The highest BCUT2D eigenvalue weighted by atomic mass is 16.5. The lowest BCUT2D eigenvalue weighted by Gasteiger charge is -2.02. The Morgan fingerprint density at radius 1 is 0.906 bits per heavy atom. The summed E-state index contributed by atoms with van der Waals surface area (Å²) in [5.41, 5.74) is 1.80. The van der Waals surface area contributed by atoms with Crippen LogP contribution in [-0.2, 0) is 6.54 Å². The molecule has 1 N–H and O–H groups in total. The first-order chi connectivity index (χ1) is 15.8. The van der Waals surface area contributed by atoms with Gasteiger partial charge in [0.15, 0.2) is 11.2 Å². The van der Waals surface area contributed by atoms with Crippen LogP contribution in [0.3, 0.4) is 0 Å². The number of nitrogens with zero attached hydrogens (tertiary/aromatic N) is 6. The molecule has 0 radical (unpaired) electrons. The summed E-state index contributed by atoms with van der Waals surface area (Å²) in [5.74, 6) is 1.26. The Morgan fingerprint density at radius 2 is 1.72 bits per heavy atom. The summed E-state index contributed by atoms with van der Waals surface area (Å²) in [5, 5.41) is 14.3. The fourth-order valence-electron chi connectivity index (χ4n) is 3.68. The van der Waals surface area contributed by atoms with Crippen molar-refractivity contribution in [1.29, 1.82) is 0 Å². The number of fused-ring (bicyclic) bond motifs is 2. The van der Waals surface area contributed by atoms with E-state index in [9.17, 15) is 4.79 Å². The van der Waals surface area contributed by atoms with Gasteiger partial charge in [0.2, 0.25) is 11.7 Å². The molecule has 9 nitrogen and oxygen atoms in total. The van der Waals surface area contributed by atoms with Crippen LogP contribution in [0.4, 0.5) is 0 Å². The van der Waals surface area contributed by atoms with Gasteiger partial charge in [0.1, 0.15) is 12.4 Å². The van der Waals surface area contributed by atoms with Crippen molar-refractivity contribution in [1.82, 2.24) is 35.1 Å². The minimum absolute atomic E-state index is 0.138. The molecule has 0 aliphatic rings. The first-order valence-electron chi connectivity index (χ1n) is 9.96. The molecule has 9 heteroatoms. The van der Waals surface area contributed by atoms with Crippen LogP contribution >= 0.6 is 0 Å². The molecular formula is C23H15N7O2. The highest BCUT2D eigenvalue weighted by Crippen LogP contribution is 2.26. The van der Waals surface area contributed by atoms with E-state index in [4.69, 9.17) is 4.52 Å². The summed E-state index contributed by atoms with van der Waals surface area (Å²) in [4.78, 5) is 24.3. The van der Waals surface area contributed by atoms with E-state index in [0.717, 1.165) is 21.9 Å². The number of hydrogen-bond acceptors (Lipinski definition) is 7. The Bertz CT molecular complexity index is 1630. The van der Waals surface area contributed by atoms with Gasteiger partial charge >= 0.3 is 0 Å². The van der Waals surface area contributed by atoms with E-state index in [1.165, 1.54) is 4.68 Å². The van der Waals surface area contributed by atoms with E-state index in [1.54, 1.807) is 0 Å². The van der Waals surface area contributed by atoms with Gasteiger partial charge in [-0.25, -0.2) is 9.67 Å². The van der Waals surface area contributed by atoms with Gasteiger partial charge in [-0.3, -0.25) is 4.79 Å². The van der Waals surface area contributed by atoms with E-state index < -0.39 is 0 Å². The molecule has 0 aliphatic carbocycles. The van der Waals surface area contributed by atoms with E-state index in [0.29, 0.717) is 23.2 Å². The second kappa shape index (κ2) is 7.24. The largest absolute Gasteiger partial charge is 0.337 e. The Kier molecular flexibility index (Phi) is 4.10. The third kappa shape index (κ3) is 3.03. The van der Waals surface area contributed by atoms with Crippen molar-refractivity contribution in [2.75, 3.05) is 0 Å². The minimum atomic E-state index is -0.359. The topological polar surface area (TPSA) is 115 Å². The molecule has 0 atom stereocenters. The molecule has 3 aromatic heterocycles. The second-order valence-electron chi connectivity index (χ2n) is 7.24. The maximum absolute atomic E-state index is 12.5. The van der Waals surface area contributed by atoms with Crippen LogP contribution in [0, 0.1) is 0 Å². The molecule has 32 heavy (non-hydrogen) atoms. The SMILES string of the molecule is O=c1[nH]c(-c2ccccc2)nc2c1nnn2Cc1nc(-c2cccc3ccccc23)no1. The van der Waals surface area contributed by atoms with Crippen molar-refractivity contribution in [3.8, 4) is 22.8 Å². The van der Waals surface area contributed by atoms with Crippen LogP contribution in [0.15, 0.2) is 82.1 Å². The van der Waals surface area contributed by atoms with Crippen molar-refractivity contribution in [3.05, 3.63) is 89.0 Å². The summed E-state index contributed by atoms with van der Waals surface area (Å²) in [6.45, 7) is 0.138. The maximum atomic E-state index is 12.5. The Labute approximate surface area is 180 Å². The lowest BCUT2D eigenvalue weighted by Crippen LogP contribution is -2.11. The predicted molar refractivity (Wildman–Crippen MR) is 118 cm³/mol. The normalized spacial score (nSPS) is 11.4. The van der Waals surface area contributed by atoms with Crippen LogP contribution in [0.5, 0.6) is 0 Å². The van der Waals surface area contributed by atoms with Crippen LogP contribution < -0.4 is 5.56 Å². The molecule has 3 heterocycles. The molecule has 0 fully saturated rings. The standard InChI is InChI=1S/C23H15N7O2/c31-23-19-22(25-20(26-23)15-8-2-1-3-9-15)30(29-27-19)13-18-24-21(28-32-18)17-12-6-10-14-7-4-5-11-16(14)17/h1-12H,13H2,(H,25,26,31). The zero-order valence-electron chi connectivity index (χ0n) is 16.6. The van der Waals surface area contributed by atoms with E-state index in [1.807, 2.05) is 72.8 Å². The summed E-state index contributed by atoms with van der Waals surface area (Å²) in [7, 11) is 0. The molecular weight excluding hydrogens is 406 g/mol. The van der Waals surface area contributed by atoms with Gasteiger partial charge in [-0.15, -0.1) is 5.10 Å². The van der Waals surface area contributed by atoms with Crippen molar-refractivity contribution < 1.29 is 4.52 Å². The zero-order valence-corrected chi connectivity index (χ0v) is 16.6. The summed E-state index contributed by atoms with van der Waals surface area (Å²) < 4.78 is 6.96. The number of nitrogens with one attached hydrogen (secondary N) is 1. The molecule has 0 unspecified atom stereocenters. The predicted octanol–water partition coefficient (Wildman–Crippen LogP) is 3.43. The molecule has 3 aromatic carbocycles. The summed E-state index contributed by atoms with van der Waals surface area (Å²) >= 11 is 0. The zero-order chi connectivity index (χ0) is 21.5. The number of hydrogen-bond donors (Lipinski definition) is 1. The third-order valence-electron chi connectivity index (χ3n) is 5.20. The highest BCUT2D eigenvalue weighted by Gasteiger charge is 2.17. The van der Waals surface area contributed by atoms with Crippen LogP contribution in [-0.4, -0.2) is 35.1 Å². The number of H-pyrrole nitrogens is 1. The molecule has 6 rings (SSSR count). The molecule has 0 saturated carbocycles. The van der Waals surface area contributed by atoms with Gasteiger partial charge in [-0.05, 0) is 10.8 Å². The lowest BCUT2D eigenvalue weighted by molar-refractivity contribution is 0.366. The van der Waals surface area contributed by atoms with Crippen LogP contribution in [0.1, 0.15) is 5.89 Å². The van der Waals surface area contributed by atoms with Crippen LogP contribution in [0.2, 0.25) is 0 Å². The van der Waals surface area contributed by atoms with Crippen molar-refractivity contribution >= 4 is 21.9 Å². The summed E-state index contributed by atoms with van der Waals surface area (Å²) in [6, 6.07) is 23.4. The van der Waals surface area contributed by atoms with Gasteiger partial charge < -0.3 is 9.51 Å². The quantitative estimate of drug-likeness (QED) is 0.464. The molecule has 0 bridgehead atoms. The first-order valence-corrected chi connectivity index (χ1v) is 9.96. The van der Waals surface area contributed by atoms with Gasteiger partial charge in [0.25, 0.3) is 5.56 Å². The number of benzene rings is 3. The third-order valence-corrected chi connectivity index (χ3v) is 5.20. The Morgan fingerprint density at radius 3 is 2.62 bits per heavy atom. The number of rotatable bonds is 4. The van der Waals surface area contributed by atoms with Crippen molar-refractivity contribution in [3.63, 3.8) is 0 Å². The van der Waals surface area contributed by atoms with Crippen LogP contribution in [0.25, 0.3) is 44.7 Å². The monoisotopic (exact) mass is 421 g/mol. The van der Waals surface area contributed by atoms with Gasteiger partial charge in [0, 0.05) is 11.1 Å². The molecule has 0 spiro atoms. The van der Waals surface area contributed by atoms with Gasteiger partial charge in [-0.2, -0.15) is 4.98 Å². The van der Waals surface area contributed by atoms with Gasteiger partial charge in [-0.1, -0.05) is 83.2 Å². The molecule has 0 saturated heterocycles. The Hall–Kier alpha value is -4.66. The fraction of sp³-hybridized carbons (Fsp3) is 0.0435. The molecule has 6 aromatic rings. The molecule has 0 aliphatic heterocycles. The average molecular weight is 421 g/mol. The number of aromatic nitrogens is 7. The van der Waals surface area contributed by atoms with Crippen molar-refractivity contribution in [2.24, 2.45) is 0 Å². The fourth-order valence-corrected chi connectivity index (χ4v) is 3.68. The highest BCUT2D eigenvalue weighted by molar-refractivity contribution is 5.94. The first kappa shape index (κ1) is 18.1. The number of aromatic amines is 1. The van der Waals surface area contributed by atoms with Crippen molar-refractivity contribution in [2.45, 2.75) is 6.54 Å². The van der Waals surface area contributed by atoms with E-state index >= 15 is 0 Å². The van der Waals surface area contributed by atoms with E-state index in [-0.39, 0.29) is 17.6 Å². The molecule has 0 amide bonds. The smallest absolute Gasteiger partial charge is 0.281 e. The Balaban J connectivity index is 1.38. The maximum Gasteiger partial charge on any atom is 0.281 e. The summed E-state index contributed by atoms with van der Waals surface area (Å²) in [6.07, 6.45) is 0. The minimum Gasteiger partial charge on any atom is -0.337 e. The average Bonchev–Trinajstić information content (AvgIpc) is 3.47. The lowest BCUT2D eigenvalue weighted by atomic mass is 10.0. The molecule has 154 valence electrons. The van der Waals surface area contributed by atoms with E-state index in [2.05, 4.69) is 30.4 Å². The van der Waals surface area contributed by atoms with Gasteiger partial charge in [0.05, 0.1) is 0 Å².